The lowest BCUT2D eigenvalue weighted by Crippen LogP contribution is -2.37. The fraction of sp³-hybridized carbons (Fsp3) is 0.500. The first-order valence-corrected chi connectivity index (χ1v) is 9.00. The van der Waals surface area contributed by atoms with Gasteiger partial charge in [-0.2, -0.15) is 0 Å². The molecule has 25 heavy (non-hydrogen) atoms. The van der Waals surface area contributed by atoms with Gasteiger partial charge < -0.3 is 15.0 Å². The SMILES string of the molecule is CC(C)(C)OC(=O)N1CCCC(Nc2cccc3cccnc23)CC1. The molecule has 5 heteroatoms. The molecule has 1 fully saturated rings. The predicted molar refractivity (Wildman–Crippen MR) is 101 cm³/mol. The lowest BCUT2D eigenvalue weighted by atomic mass is 10.1. The van der Waals surface area contributed by atoms with E-state index in [4.69, 9.17) is 4.74 Å². The topological polar surface area (TPSA) is 54.5 Å². The van der Waals surface area contributed by atoms with Crippen molar-refractivity contribution in [2.45, 2.75) is 51.7 Å². The van der Waals surface area contributed by atoms with Gasteiger partial charge in [0.25, 0.3) is 0 Å². The maximum atomic E-state index is 12.3. The van der Waals surface area contributed by atoms with E-state index in [1.807, 2.05) is 37.9 Å². The number of carbonyl (C=O) groups is 1. The molecule has 0 radical (unpaired) electrons. The Bertz CT molecular complexity index is 734. The molecule has 3 rings (SSSR count). The molecular formula is C20H27N3O2. The summed E-state index contributed by atoms with van der Waals surface area (Å²) in [6.45, 7) is 7.17. The third-order valence-electron chi connectivity index (χ3n) is 4.37. The predicted octanol–water partition coefficient (Wildman–Crippen LogP) is 4.44. The van der Waals surface area contributed by atoms with Crippen LogP contribution in [0.3, 0.4) is 0 Å². The second kappa shape index (κ2) is 7.30. The Balaban J connectivity index is 1.64. The van der Waals surface area contributed by atoms with E-state index in [0.29, 0.717) is 12.6 Å². The van der Waals surface area contributed by atoms with Gasteiger partial charge in [-0.05, 0) is 52.2 Å². The van der Waals surface area contributed by atoms with Crippen LogP contribution >= 0.6 is 0 Å². The molecule has 2 aromatic rings. The molecule has 1 aromatic carbocycles. The molecule has 1 aliphatic heterocycles. The van der Waals surface area contributed by atoms with E-state index in [1.165, 1.54) is 0 Å². The highest BCUT2D eigenvalue weighted by Crippen LogP contribution is 2.24. The Hall–Kier alpha value is -2.30. The van der Waals surface area contributed by atoms with Gasteiger partial charge in [0.15, 0.2) is 0 Å². The Labute approximate surface area is 149 Å². The lowest BCUT2D eigenvalue weighted by molar-refractivity contribution is 0.0256. The Morgan fingerprint density at radius 1 is 1.20 bits per heavy atom. The van der Waals surface area contributed by atoms with Gasteiger partial charge in [0.1, 0.15) is 5.60 Å². The van der Waals surface area contributed by atoms with Crippen molar-refractivity contribution in [3.8, 4) is 0 Å². The van der Waals surface area contributed by atoms with E-state index in [0.717, 1.165) is 42.4 Å². The molecule has 5 nitrogen and oxygen atoms in total. The minimum absolute atomic E-state index is 0.208. The first kappa shape index (κ1) is 17.5. The maximum absolute atomic E-state index is 12.3. The molecule has 0 saturated carbocycles. The van der Waals surface area contributed by atoms with E-state index < -0.39 is 5.60 Å². The van der Waals surface area contributed by atoms with Crippen LogP contribution < -0.4 is 5.32 Å². The standard InChI is InChI=1S/C20H27N3O2/c1-20(2,3)25-19(24)23-13-6-9-16(11-14-23)22-17-10-4-7-15-8-5-12-21-18(15)17/h4-5,7-8,10,12,16,22H,6,9,11,13-14H2,1-3H3. The highest BCUT2D eigenvalue weighted by Gasteiger charge is 2.25. The van der Waals surface area contributed by atoms with Gasteiger partial charge in [0.2, 0.25) is 0 Å². The number of rotatable bonds is 2. The van der Waals surface area contributed by atoms with Crippen molar-refractivity contribution in [1.82, 2.24) is 9.88 Å². The number of benzene rings is 1. The molecule has 1 aliphatic rings. The van der Waals surface area contributed by atoms with Crippen molar-refractivity contribution in [3.63, 3.8) is 0 Å². The molecular weight excluding hydrogens is 314 g/mol. The summed E-state index contributed by atoms with van der Waals surface area (Å²) in [5.74, 6) is 0. The molecule has 0 spiro atoms. The zero-order valence-electron chi connectivity index (χ0n) is 15.3. The van der Waals surface area contributed by atoms with Crippen molar-refractivity contribution in [2.24, 2.45) is 0 Å². The summed E-state index contributed by atoms with van der Waals surface area (Å²) in [6, 6.07) is 10.6. The van der Waals surface area contributed by atoms with E-state index in [1.54, 1.807) is 0 Å². The second-order valence-corrected chi connectivity index (χ2v) is 7.62. The van der Waals surface area contributed by atoms with Crippen LogP contribution in [0.4, 0.5) is 10.5 Å². The lowest BCUT2D eigenvalue weighted by Gasteiger charge is -2.26. The minimum atomic E-state index is -0.449. The second-order valence-electron chi connectivity index (χ2n) is 7.62. The average molecular weight is 341 g/mol. The van der Waals surface area contributed by atoms with Crippen LogP contribution in [-0.4, -0.2) is 40.7 Å². The number of hydrogen-bond donors (Lipinski definition) is 1. The Morgan fingerprint density at radius 3 is 2.80 bits per heavy atom. The van der Waals surface area contributed by atoms with E-state index in [2.05, 4.69) is 34.6 Å². The number of carbonyl (C=O) groups excluding carboxylic acids is 1. The van der Waals surface area contributed by atoms with Gasteiger partial charge >= 0.3 is 6.09 Å². The van der Waals surface area contributed by atoms with Crippen molar-refractivity contribution in [2.75, 3.05) is 18.4 Å². The normalized spacial score (nSPS) is 18.7. The number of aromatic nitrogens is 1. The highest BCUT2D eigenvalue weighted by molar-refractivity contribution is 5.90. The molecule has 1 saturated heterocycles. The summed E-state index contributed by atoms with van der Waals surface area (Å²) in [4.78, 5) is 18.6. The number of anilines is 1. The zero-order chi connectivity index (χ0) is 17.9. The van der Waals surface area contributed by atoms with Crippen LogP contribution in [0.2, 0.25) is 0 Å². The number of nitrogens with zero attached hydrogens (tertiary/aromatic N) is 2. The summed E-state index contributed by atoms with van der Waals surface area (Å²) in [5.41, 5.74) is 1.61. The molecule has 1 amide bonds. The van der Waals surface area contributed by atoms with Crippen LogP contribution in [-0.2, 0) is 4.74 Å². The number of hydrogen-bond acceptors (Lipinski definition) is 4. The summed E-state index contributed by atoms with van der Waals surface area (Å²) < 4.78 is 5.50. The van der Waals surface area contributed by atoms with Crippen molar-refractivity contribution < 1.29 is 9.53 Å². The van der Waals surface area contributed by atoms with Crippen LogP contribution in [0.1, 0.15) is 40.0 Å². The van der Waals surface area contributed by atoms with E-state index in [9.17, 15) is 4.79 Å². The van der Waals surface area contributed by atoms with Gasteiger partial charge in [-0.3, -0.25) is 4.98 Å². The quantitative estimate of drug-likeness (QED) is 0.877. The minimum Gasteiger partial charge on any atom is -0.444 e. The third-order valence-corrected chi connectivity index (χ3v) is 4.37. The van der Waals surface area contributed by atoms with Crippen LogP contribution in [0.25, 0.3) is 10.9 Å². The van der Waals surface area contributed by atoms with Gasteiger partial charge in [0.05, 0.1) is 11.2 Å². The van der Waals surface area contributed by atoms with Gasteiger partial charge in [-0.1, -0.05) is 18.2 Å². The molecule has 1 N–H and O–H groups in total. The van der Waals surface area contributed by atoms with E-state index >= 15 is 0 Å². The van der Waals surface area contributed by atoms with Crippen LogP contribution in [0.15, 0.2) is 36.5 Å². The number of likely N-dealkylation sites (tertiary alicyclic amines) is 1. The van der Waals surface area contributed by atoms with Gasteiger partial charge in [-0.15, -0.1) is 0 Å². The molecule has 1 atom stereocenters. The highest BCUT2D eigenvalue weighted by atomic mass is 16.6. The molecule has 0 bridgehead atoms. The van der Waals surface area contributed by atoms with Crippen LogP contribution in [0.5, 0.6) is 0 Å². The largest absolute Gasteiger partial charge is 0.444 e. The number of para-hydroxylation sites is 1. The fourth-order valence-electron chi connectivity index (χ4n) is 3.19. The first-order valence-electron chi connectivity index (χ1n) is 9.00. The van der Waals surface area contributed by atoms with E-state index in [-0.39, 0.29) is 6.09 Å². The Kier molecular flexibility index (Phi) is 5.11. The fourth-order valence-corrected chi connectivity index (χ4v) is 3.19. The summed E-state index contributed by atoms with van der Waals surface area (Å²) in [5, 5.41) is 4.77. The first-order chi connectivity index (χ1) is 11.9. The van der Waals surface area contributed by atoms with Crippen molar-refractivity contribution in [1.29, 1.82) is 0 Å². The molecule has 1 aromatic heterocycles. The molecule has 1 unspecified atom stereocenters. The van der Waals surface area contributed by atoms with Gasteiger partial charge in [-0.25, -0.2) is 4.79 Å². The number of nitrogens with one attached hydrogen (secondary N) is 1. The number of pyridine rings is 1. The number of fused-ring (bicyclic) bond motifs is 1. The smallest absolute Gasteiger partial charge is 0.410 e. The zero-order valence-corrected chi connectivity index (χ0v) is 15.3. The monoisotopic (exact) mass is 341 g/mol. The number of amides is 1. The summed E-state index contributed by atoms with van der Waals surface area (Å²) >= 11 is 0. The Morgan fingerprint density at radius 2 is 2.00 bits per heavy atom. The number of ether oxygens (including phenoxy) is 1. The van der Waals surface area contributed by atoms with Crippen LogP contribution in [0, 0.1) is 0 Å². The summed E-state index contributed by atoms with van der Waals surface area (Å²) in [7, 11) is 0. The molecule has 134 valence electrons. The summed E-state index contributed by atoms with van der Waals surface area (Å²) in [6.07, 6.45) is 4.52. The van der Waals surface area contributed by atoms with Crippen molar-refractivity contribution in [3.05, 3.63) is 36.5 Å². The van der Waals surface area contributed by atoms with Crippen molar-refractivity contribution >= 4 is 22.7 Å². The maximum Gasteiger partial charge on any atom is 0.410 e. The average Bonchev–Trinajstić information content (AvgIpc) is 2.79. The van der Waals surface area contributed by atoms with Gasteiger partial charge in [0, 0.05) is 30.7 Å². The molecule has 2 heterocycles. The third kappa shape index (κ3) is 4.62. The molecule has 0 aliphatic carbocycles.